The highest BCUT2D eigenvalue weighted by Crippen LogP contribution is 2.26. The average Bonchev–Trinajstić information content (AvgIpc) is 2.72. The van der Waals surface area contributed by atoms with Gasteiger partial charge in [0, 0.05) is 18.2 Å². The fourth-order valence-electron chi connectivity index (χ4n) is 1.58. The molecule has 0 spiro atoms. The molecular formula is C12H12BrNO4S. The Morgan fingerprint density at radius 3 is 2.79 bits per heavy atom. The third-order valence-corrected chi connectivity index (χ3v) is 4.05. The highest BCUT2D eigenvalue weighted by molar-refractivity contribution is 9.10. The smallest absolute Gasteiger partial charge is 0.287 e. The minimum absolute atomic E-state index is 0.0654. The van der Waals surface area contributed by atoms with E-state index < -0.39 is 15.7 Å². The molecule has 19 heavy (non-hydrogen) atoms. The number of nitrogens with one attached hydrogen (secondary N) is 1. The van der Waals surface area contributed by atoms with E-state index in [1.54, 1.807) is 6.07 Å². The summed E-state index contributed by atoms with van der Waals surface area (Å²) in [6.45, 7) is 0.0654. The van der Waals surface area contributed by atoms with Crippen LogP contribution in [0.5, 0.6) is 0 Å². The van der Waals surface area contributed by atoms with Gasteiger partial charge < -0.3 is 9.73 Å². The molecule has 0 aliphatic rings. The van der Waals surface area contributed by atoms with Crippen LogP contribution < -0.4 is 5.32 Å². The van der Waals surface area contributed by atoms with Crippen molar-refractivity contribution in [1.82, 2.24) is 5.32 Å². The second kappa shape index (κ2) is 5.34. The van der Waals surface area contributed by atoms with Crippen LogP contribution in [0.4, 0.5) is 0 Å². The SMILES string of the molecule is CS(=O)(=O)CCNC(=O)c1cc2cccc(Br)c2o1. The molecule has 1 aromatic carbocycles. The first kappa shape index (κ1) is 14.1. The lowest BCUT2D eigenvalue weighted by molar-refractivity contribution is 0.0930. The number of benzene rings is 1. The second-order valence-corrected chi connectivity index (χ2v) is 7.27. The maximum atomic E-state index is 11.8. The Hall–Kier alpha value is -1.34. The summed E-state index contributed by atoms with van der Waals surface area (Å²) in [5.74, 6) is -0.356. The number of furan rings is 1. The molecule has 0 aliphatic carbocycles. The molecule has 1 heterocycles. The number of rotatable bonds is 4. The van der Waals surface area contributed by atoms with Gasteiger partial charge in [-0.1, -0.05) is 12.1 Å². The summed E-state index contributed by atoms with van der Waals surface area (Å²) >= 11 is 3.33. The molecule has 0 radical (unpaired) electrons. The molecule has 5 nitrogen and oxygen atoms in total. The zero-order chi connectivity index (χ0) is 14.0. The number of carbonyl (C=O) groups excluding carboxylic acids is 1. The zero-order valence-corrected chi connectivity index (χ0v) is 12.5. The van der Waals surface area contributed by atoms with Crippen molar-refractivity contribution >= 4 is 42.6 Å². The number of hydrogen-bond acceptors (Lipinski definition) is 4. The summed E-state index contributed by atoms with van der Waals surface area (Å²) in [4.78, 5) is 11.8. The maximum Gasteiger partial charge on any atom is 0.287 e. The standard InChI is InChI=1S/C12H12BrNO4S/c1-19(16,17)6-5-14-12(15)10-7-8-3-2-4-9(13)11(8)18-10/h2-4,7H,5-6H2,1H3,(H,14,15). The van der Waals surface area contributed by atoms with Crippen LogP contribution >= 0.6 is 15.9 Å². The van der Waals surface area contributed by atoms with Crippen molar-refractivity contribution in [2.75, 3.05) is 18.6 Å². The monoisotopic (exact) mass is 345 g/mol. The predicted octanol–water partition coefficient (Wildman–Crippen LogP) is 1.97. The van der Waals surface area contributed by atoms with Crippen LogP contribution in [0.1, 0.15) is 10.6 Å². The van der Waals surface area contributed by atoms with E-state index in [-0.39, 0.29) is 18.1 Å². The molecule has 0 bridgehead atoms. The Morgan fingerprint density at radius 1 is 1.42 bits per heavy atom. The van der Waals surface area contributed by atoms with Crippen LogP contribution in [-0.4, -0.2) is 32.9 Å². The predicted molar refractivity (Wildman–Crippen MR) is 76.0 cm³/mol. The van der Waals surface area contributed by atoms with Gasteiger partial charge >= 0.3 is 0 Å². The van der Waals surface area contributed by atoms with E-state index in [1.807, 2.05) is 18.2 Å². The number of fused-ring (bicyclic) bond motifs is 1. The molecule has 1 aromatic heterocycles. The van der Waals surface area contributed by atoms with E-state index in [0.29, 0.717) is 5.58 Å². The van der Waals surface area contributed by atoms with Crippen molar-refractivity contribution in [3.63, 3.8) is 0 Å². The molecule has 0 atom stereocenters. The van der Waals surface area contributed by atoms with Gasteiger partial charge in [0.05, 0.1) is 10.2 Å². The van der Waals surface area contributed by atoms with Crippen molar-refractivity contribution in [2.45, 2.75) is 0 Å². The minimum Gasteiger partial charge on any atom is -0.450 e. The van der Waals surface area contributed by atoms with Crippen LogP contribution in [0.3, 0.4) is 0 Å². The first-order valence-electron chi connectivity index (χ1n) is 5.51. The van der Waals surface area contributed by atoms with E-state index >= 15 is 0 Å². The molecule has 0 fully saturated rings. The Morgan fingerprint density at radius 2 is 2.16 bits per heavy atom. The van der Waals surface area contributed by atoms with Gasteiger partial charge in [-0.15, -0.1) is 0 Å². The lowest BCUT2D eigenvalue weighted by atomic mass is 10.2. The van der Waals surface area contributed by atoms with Gasteiger partial charge in [-0.05, 0) is 28.1 Å². The van der Waals surface area contributed by atoms with Crippen LogP contribution in [0.15, 0.2) is 33.2 Å². The first-order valence-corrected chi connectivity index (χ1v) is 8.36. The van der Waals surface area contributed by atoms with E-state index in [4.69, 9.17) is 4.42 Å². The average molecular weight is 346 g/mol. The number of carbonyl (C=O) groups is 1. The fraction of sp³-hybridized carbons (Fsp3) is 0.250. The van der Waals surface area contributed by atoms with Crippen LogP contribution in [0.2, 0.25) is 0 Å². The maximum absolute atomic E-state index is 11.8. The number of hydrogen-bond donors (Lipinski definition) is 1. The molecule has 0 aliphatic heterocycles. The molecule has 7 heteroatoms. The summed E-state index contributed by atoms with van der Waals surface area (Å²) in [7, 11) is -3.09. The number of para-hydroxylation sites is 1. The fourth-order valence-corrected chi connectivity index (χ4v) is 2.51. The van der Waals surface area contributed by atoms with Crippen molar-refractivity contribution < 1.29 is 17.6 Å². The van der Waals surface area contributed by atoms with Crippen molar-refractivity contribution in [2.24, 2.45) is 0 Å². The van der Waals surface area contributed by atoms with Gasteiger partial charge in [0.1, 0.15) is 15.4 Å². The number of sulfone groups is 1. The van der Waals surface area contributed by atoms with E-state index in [1.165, 1.54) is 0 Å². The van der Waals surface area contributed by atoms with Crippen molar-refractivity contribution in [1.29, 1.82) is 0 Å². The Bertz CT molecular complexity index is 720. The normalized spacial score (nSPS) is 11.7. The van der Waals surface area contributed by atoms with Gasteiger partial charge in [0.25, 0.3) is 5.91 Å². The van der Waals surface area contributed by atoms with Crippen LogP contribution in [0.25, 0.3) is 11.0 Å². The van der Waals surface area contributed by atoms with E-state index in [2.05, 4.69) is 21.2 Å². The summed E-state index contributed by atoms with van der Waals surface area (Å²) < 4.78 is 28.1. The zero-order valence-electron chi connectivity index (χ0n) is 10.1. The summed E-state index contributed by atoms with van der Waals surface area (Å²) in [6.07, 6.45) is 1.12. The molecule has 2 rings (SSSR count). The van der Waals surface area contributed by atoms with Gasteiger partial charge in [-0.2, -0.15) is 0 Å². The Balaban J connectivity index is 2.12. The van der Waals surface area contributed by atoms with E-state index in [0.717, 1.165) is 16.1 Å². The first-order chi connectivity index (χ1) is 8.87. The molecular weight excluding hydrogens is 334 g/mol. The molecule has 0 saturated heterocycles. The van der Waals surface area contributed by atoms with Crippen molar-refractivity contribution in [3.8, 4) is 0 Å². The molecule has 102 valence electrons. The van der Waals surface area contributed by atoms with E-state index in [9.17, 15) is 13.2 Å². The summed E-state index contributed by atoms with van der Waals surface area (Å²) in [5.41, 5.74) is 0.593. The van der Waals surface area contributed by atoms with Crippen LogP contribution in [0, 0.1) is 0 Å². The third kappa shape index (κ3) is 3.57. The summed E-state index contributed by atoms with van der Waals surface area (Å²) in [5, 5.41) is 3.32. The quantitative estimate of drug-likeness (QED) is 0.918. The topological polar surface area (TPSA) is 76.4 Å². The Labute approximate surface area is 119 Å². The Kier molecular flexibility index (Phi) is 3.96. The molecule has 2 aromatic rings. The molecule has 1 N–H and O–H groups in total. The summed E-state index contributed by atoms with van der Waals surface area (Å²) in [6, 6.07) is 7.11. The molecule has 0 saturated carbocycles. The van der Waals surface area contributed by atoms with Gasteiger partial charge in [0.15, 0.2) is 5.76 Å². The minimum atomic E-state index is -3.09. The second-order valence-electron chi connectivity index (χ2n) is 4.15. The van der Waals surface area contributed by atoms with Gasteiger partial charge in [-0.25, -0.2) is 8.42 Å². The van der Waals surface area contributed by atoms with Crippen LogP contribution in [-0.2, 0) is 9.84 Å². The lowest BCUT2D eigenvalue weighted by Crippen LogP contribution is -2.28. The lowest BCUT2D eigenvalue weighted by Gasteiger charge is -2.01. The molecule has 1 amide bonds. The highest BCUT2D eigenvalue weighted by atomic mass is 79.9. The third-order valence-electron chi connectivity index (χ3n) is 2.48. The van der Waals surface area contributed by atoms with Gasteiger partial charge in [0.2, 0.25) is 0 Å². The van der Waals surface area contributed by atoms with Crippen molar-refractivity contribution in [3.05, 3.63) is 34.5 Å². The molecule has 0 unspecified atom stereocenters. The highest BCUT2D eigenvalue weighted by Gasteiger charge is 2.13. The number of amides is 1. The largest absolute Gasteiger partial charge is 0.450 e. The number of halogens is 1. The van der Waals surface area contributed by atoms with Gasteiger partial charge in [-0.3, -0.25) is 4.79 Å².